The molecule has 0 saturated carbocycles. The molecule has 0 spiro atoms. The molecule has 0 aromatic heterocycles. The number of phenolic OH excluding ortho intramolecular Hbond substituents is 1. The van der Waals surface area contributed by atoms with Crippen LogP contribution in [-0.4, -0.2) is 11.0 Å². The molecule has 23 heavy (non-hydrogen) atoms. The number of carbonyl (C=O) groups excluding carboxylic acids is 1. The van der Waals surface area contributed by atoms with Crippen LogP contribution in [0.5, 0.6) is 5.75 Å². The highest BCUT2D eigenvalue weighted by atomic mass is 79.9. The number of amides is 1. The predicted molar refractivity (Wildman–Crippen MR) is 92.1 cm³/mol. The van der Waals surface area contributed by atoms with Gasteiger partial charge in [-0.1, -0.05) is 12.1 Å². The molecule has 0 aliphatic carbocycles. The van der Waals surface area contributed by atoms with Gasteiger partial charge in [0.25, 0.3) is 5.91 Å². The Kier molecular flexibility index (Phi) is 5.53. The van der Waals surface area contributed by atoms with Crippen molar-refractivity contribution in [3.05, 3.63) is 62.3 Å². The van der Waals surface area contributed by atoms with Crippen LogP contribution in [0.2, 0.25) is 0 Å². The molecule has 0 atom stereocenters. The van der Waals surface area contributed by atoms with Crippen LogP contribution in [0.15, 0.2) is 50.9 Å². The Balaban J connectivity index is 2.31. The van der Waals surface area contributed by atoms with E-state index in [0.717, 1.165) is 0 Å². The summed E-state index contributed by atoms with van der Waals surface area (Å²) in [6, 6.07) is 10.6. The Hall–Kier alpha value is -2.17. The number of nitrogens with one attached hydrogen (secondary N) is 1. The molecule has 4 nitrogen and oxygen atoms in total. The molecule has 0 aliphatic heterocycles. The smallest absolute Gasteiger partial charge is 0.266 e. The van der Waals surface area contributed by atoms with Gasteiger partial charge in [-0.2, -0.15) is 5.26 Å². The second-order valence-electron chi connectivity index (χ2n) is 4.44. The number of aromatic hydroxyl groups is 1. The quantitative estimate of drug-likeness (QED) is 0.542. The molecule has 2 aromatic carbocycles. The van der Waals surface area contributed by atoms with Crippen LogP contribution in [0.1, 0.15) is 5.56 Å². The molecule has 2 rings (SSSR count). The van der Waals surface area contributed by atoms with Crippen LogP contribution in [0.25, 0.3) is 6.08 Å². The SMILES string of the molecule is N#C/C(=C\c1cc(Br)c(O)c(Br)c1)C(=O)Nc1ccccc1F. The number of rotatable bonds is 3. The number of nitrogens with zero attached hydrogens (tertiary/aromatic N) is 1. The Morgan fingerprint density at radius 2 is 1.87 bits per heavy atom. The zero-order chi connectivity index (χ0) is 17.0. The highest BCUT2D eigenvalue weighted by Gasteiger charge is 2.13. The fraction of sp³-hybridized carbons (Fsp3) is 0. The van der Waals surface area contributed by atoms with Gasteiger partial charge in [-0.05, 0) is 67.8 Å². The zero-order valence-corrected chi connectivity index (χ0v) is 14.7. The Labute approximate surface area is 148 Å². The lowest BCUT2D eigenvalue weighted by Crippen LogP contribution is -2.14. The van der Waals surface area contributed by atoms with E-state index in [2.05, 4.69) is 37.2 Å². The molecular formula is C16H9Br2FN2O2. The fourth-order valence-electron chi connectivity index (χ4n) is 1.74. The lowest BCUT2D eigenvalue weighted by Gasteiger charge is -2.06. The van der Waals surface area contributed by atoms with Crippen molar-refractivity contribution in [3.63, 3.8) is 0 Å². The van der Waals surface area contributed by atoms with Gasteiger partial charge in [-0.25, -0.2) is 4.39 Å². The minimum absolute atomic E-state index is 0.00767. The summed E-state index contributed by atoms with van der Waals surface area (Å²) in [5, 5.41) is 21.2. The number of anilines is 1. The third-order valence-electron chi connectivity index (χ3n) is 2.84. The van der Waals surface area contributed by atoms with E-state index in [9.17, 15) is 14.3 Å². The number of para-hydroxylation sites is 1. The van der Waals surface area contributed by atoms with Gasteiger partial charge >= 0.3 is 0 Å². The van der Waals surface area contributed by atoms with Gasteiger partial charge in [0, 0.05) is 0 Å². The van der Waals surface area contributed by atoms with Crippen molar-refractivity contribution in [1.82, 2.24) is 0 Å². The van der Waals surface area contributed by atoms with Gasteiger partial charge < -0.3 is 10.4 Å². The van der Waals surface area contributed by atoms with E-state index < -0.39 is 11.7 Å². The highest BCUT2D eigenvalue weighted by molar-refractivity contribution is 9.11. The Morgan fingerprint density at radius 1 is 1.26 bits per heavy atom. The molecular weight excluding hydrogens is 431 g/mol. The first-order valence-electron chi connectivity index (χ1n) is 6.28. The summed E-state index contributed by atoms with van der Waals surface area (Å²) < 4.78 is 14.4. The van der Waals surface area contributed by atoms with E-state index in [1.165, 1.54) is 24.3 Å². The first-order chi connectivity index (χ1) is 10.9. The van der Waals surface area contributed by atoms with Crippen molar-refractivity contribution >= 4 is 49.5 Å². The fourth-order valence-corrected chi connectivity index (χ4v) is 2.96. The third-order valence-corrected chi connectivity index (χ3v) is 4.05. The Morgan fingerprint density at radius 3 is 2.43 bits per heavy atom. The number of hydrogen-bond acceptors (Lipinski definition) is 3. The average molecular weight is 440 g/mol. The maximum Gasteiger partial charge on any atom is 0.266 e. The zero-order valence-electron chi connectivity index (χ0n) is 11.5. The monoisotopic (exact) mass is 438 g/mol. The minimum Gasteiger partial charge on any atom is -0.506 e. The van der Waals surface area contributed by atoms with Crippen molar-refractivity contribution in [1.29, 1.82) is 5.26 Å². The van der Waals surface area contributed by atoms with Crippen molar-refractivity contribution < 1.29 is 14.3 Å². The highest BCUT2D eigenvalue weighted by Crippen LogP contribution is 2.34. The summed E-state index contributed by atoms with van der Waals surface area (Å²) in [7, 11) is 0. The summed E-state index contributed by atoms with van der Waals surface area (Å²) >= 11 is 6.33. The topological polar surface area (TPSA) is 73.1 Å². The van der Waals surface area contributed by atoms with Gasteiger partial charge in [0.1, 0.15) is 23.2 Å². The van der Waals surface area contributed by atoms with E-state index in [4.69, 9.17) is 5.26 Å². The largest absolute Gasteiger partial charge is 0.506 e. The second kappa shape index (κ2) is 7.40. The lowest BCUT2D eigenvalue weighted by molar-refractivity contribution is -0.112. The third kappa shape index (κ3) is 4.18. The van der Waals surface area contributed by atoms with Crippen LogP contribution in [-0.2, 0) is 4.79 Å². The molecule has 1 amide bonds. The number of nitriles is 1. The molecule has 0 bridgehead atoms. The molecule has 7 heteroatoms. The molecule has 0 radical (unpaired) electrons. The van der Waals surface area contributed by atoms with Crippen LogP contribution < -0.4 is 5.32 Å². The normalized spacial score (nSPS) is 11.0. The summed E-state index contributed by atoms with van der Waals surface area (Å²) in [6.07, 6.45) is 1.34. The molecule has 2 N–H and O–H groups in total. The minimum atomic E-state index is -0.724. The molecule has 116 valence electrons. The van der Waals surface area contributed by atoms with Crippen molar-refractivity contribution in [2.75, 3.05) is 5.32 Å². The van der Waals surface area contributed by atoms with Crippen LogP contribution in [0.3, 0.4) is 0 Å². The summed E-state index contributed by atoms with van der Waals surface area (Å²) in [5.74, 6) is -1.30. The Bertz CT molecular complexity index is 821. The van der Waals surface area contributed by atoms with Crippen molar-refractivity contribution in [2.45, 2.75) is 0 Å². The molecule has 0 fully saturated rings. The molecule has 0 unspecified atom stereocenters. The maximum absolute atomic E-state index is 13.5. The first-order valence-corrected chi connectivity index (χ1v) is 7.86. The second-order valence-corrected chi connectivity index (χ2v) is 6.15. The number of phenols is 1. The van der Waals surface area contributed by atoms with Gasteiger partial charge in [-0.3, -0.25) is 4.79 Å². The van der Waals surface area contributed by atoms with E-state index in [-0.39, 0.29) is 17.0 Å². The lowest BCUT2D eigenvalue weighted by atomic mass is 10.1. The molecule has 0 saturated heterocycles. The van der Waals surface area contributed by atoms with Crippen molar-refractivity contribution in [2.24, 2.45) is 0 Å². The average Bonchev–Trinajstić information content (AvgIpc) is 2.52. The molecule has 0 heterocycles. The maximum atomic E-state index is 13.5. The van der Waals surface area contributed by atoms with Gasteiger partial charge in [0.05, 0.1) is 14.6 Å². The van der Waals surface area contributed by atoms with Crippen LogP contribution >= 0.6 is 31.9 Å². The summed E-state index contributed by atoms with van der Waals surface area (Å²) in [5.41, 5.74) is 0.311. The number of halogens is 3. The van der Waals surface area contributed by atoms with E-state index in [1.54, 1.807) is 24.3 Å². The van der Waals surface area contributed by atoms with Gasteiger partial charge in [-0.15, -0.1) is 0 Å². The number of benzene rings is 2. The summed E-state index contributed by atoms with van der Waals surface area (Å²) in [6.45, 7) is 0. The van der Waals surface area contributed by atoms with E-state index >= 15 is 0 Å². The van der Waals surface area contributed by atoms with Crippen LogP contribution in [0, 0.1) is 17.1 Å². The van der Waals surface area contributed by atoms with Gasteiger partial charge in [0.2, 0.25) is 0 Å². The molecule has 2 aromatic rings. The predicted octanol–water partition coefficient (Wildman–Crippen LogP) is 4.60. The van der Waals surface area contributed by atoms with E-state index in [0.29, 0.717) is 14.5 Å². The first kappa shape index (κ1) is 17.2. The van der Waals surface area contributed by atoms with Gasteiger partial charge in [0.15, 0.2) is 0 Å². The van der Waals surface area contributed by atoms with Crippen molar-refractivity contribution in [3.8, 4) is 11.8 Å². The van der Waals surface area contributed by atoms with Crippen LogP contribution in [0.4, 0.5) is 10.1 Å². The number of hydrogen-bond donors (Lipinski definition) is 2. The summed E-state index contributed by atoms with van der Waals surface area (Å²) in [4.78, 5) is 12.1. The number of carbonyl (C=O) groups is 1. The van der Waals surface area contributed by atoms with E-state index in [1.807, 2.05) is 0 Å². The standard InChI is InChI=1S/C16H9Br2FN2O2/c17-11-6-9(7-12(18)15(11)22)5-10(8-20)16(23)21-14-4-2-1-3-13(14)19/h1-7,22H,(H,21,23)/b10-5+. The molecule has 0 aliphatic rings.